The number of hydrogen-bond donors (Lipinski definition) is 2. The van der Waals surface area contributed by atoms with Crippen LogP contribution in [0.1, 0.15) is 127 Å². The summed E-state index contributed by atoms with van der Waals surface area (Å²) in [5.41, 5.74) is 6.19. The van der Waals surface area contributed by atoms with E-state index in [0.29, 0.717) is 18.4 Å². The van der Waals surface area contributed by atoms with E-state index in [1.54, 1.807) is 0 Å². The lowest BCUT2D eigenvalue weighted by atomic mass is 9.78. The Bertz CT molecular complexity index is 972. The Balaban J connectivity index is 1.74. The van der Waals surface area contributed by atoms with Gasteiger partial charge in [0, 0.05) is 24.2 Å². The molecule has 0 aliphatic heterocycles. The second kappa shape index (κ2) is 14.7. The van der Waals surface area contributed by atoms with E-state index < -0.39 is 0 Å². The summed E-state index contributed by atoms with van der Waals surface area (Å²) in [7, 11) is 0. The van der Waals surface area contributed by atoms with E-state index >= 15 is 0 Å². The third-order valence-electron chi connectivity index (χ3n) is 8.36. The molecule has 0 atom stereocenters. The molecule has 210 valence electrons. The molecule has 3 rings (SSSR count). The van der Waals surface area contributed by atoms with Gasteiger partial charge >= 0.3 is 6.03 Å². The number of carbonyl (C=O) groups excluding carboxylic acids is 1. The van der Waals surface area contributed by atoms with Crippen molar-refractivity contribution in [3.8, 4) is 0 Å². The number of rotatable bonds is 14. The summed E-state index contributed by atoms with van der Waals surface area (Å²) < 4.78 is 0. The molecule has 0 spiro atoms. The van der Waals surface area contributed by atoms with Crippen molar-refractivity contribution in [1.29, 1.82) is 0 Å². The molecule has 1 saturated carbocycles. The first kappa shape index (κ1) is 30.2. The molecule has 1 aliphatic carbocycles. The molecule has 1 aliphatic rings. The molecule has 0 radical (unpaired) electrons. The van der Waals surface area contributed by atoms with Gasteiger partial charge in [0.05, 0.1) is 0 Å². The van der Waals surface area contributed by atoms with Gasteiger partial charge in [-0.05, 0) is 72.9 Å². The maximum absolute atomic E-state index is 13.3. The minimum absolute atomic E-state index is 0.0173. The Hall–Kier alpha value is -2.33. The molecular weight excluding hydrogens is 466 g/mol. The van der Waals surface area contributed by atoms with Gasteiger partial charge in [-0.25, -0.2) is 4.79 Å². The predicted octanol–water partition coefficient (Wildman–Crippen LogP) is 8.97. The van der Waals surface area contributed by atoms with Crippen molar-refractivity contribution >= 4 is 11.7 Å². The van der Waals surface area contributed by atoms with Crippen molar-refractivity contribution in [3.63, 3.8) is 0 Å². The molecule has 0 bridgehead atoms. The highest BCUT2D eigenvalue weighted by Gasteiger charge is 2.36. The van der Waals surface area contributed by atoms with Crippen LogP contribution in [0.5, 0.6) is 0 Å². The van der Waals surface area contributed by atoms with Crippen molar-refractivity contribution in [2.24, 2.45) is 0 Å². The fourth-order valence-corrected chi connectivity index (χ4v) is 6.01. The first-order valence-electron chi connectivity index (χ1n) is 15.3. The first-order chi connectivity index (χ1) is 18.3. The standard InChI is InChI=1S/C34H53N3O/c1-7-9-21-37(22-10-8-2)24-28-15-13-16-29(23-28)34(19-11-12-20-34)25-35-33(38)36-32-30(26(3)4)17-14-18-31(32)27(5)6/h13-18,23,26-27H,7-12,19-22,24-25H2,1-6H3,(H2,35,36,38). The number of nitrogens with one attached hydrogen (secondary N) is 2. The van der Waals surface area contributed by atoms with E-state index in [1.165, 1.54) is 73.9 Å². The molecule has 2 aromatic carbocycles. The van der Waals surface area contributed by atoms with Gasteiger partial charge < -0.3 is 10.6 Å². The van der Waals surface area contributed by atoms with Crippen LogP contribution in [0.15, 0.2) is 42.5 Å². The Morgan fingerprint density at radius 1 is 0.895 bits per heavy atom. The Morgan fingerprint density at radius 3 is 2.03 bits per heavy atom. The number of anilines is 1. The zero-order valence-electron chi connectivity index (χ0n) is 25.0. The molecular formula is C34H53N3O. The number of para-hydroxylation sites is 1. The maximum atomic E-state index is 13.3. The van der Waals surface area contributed by atoms with Crippen LogP contribution in [0.4, 0.5) is 10.5 Å². The van der Waals surface area contributed by atoms with Crippen LogP contribution < -0.4 is 10.6 Å². The summed E-state index contributed by atoms with van der Waals surface area (Å²) in [5, 5.41) is 6.55. The van der Waals surface area contributed by atoms with Gasteiger partial charge in [0.2, 0.25) is 0 Å². The monoisotopic (exact) mass is 519 g/mol. The molecule has 0 unspecified atom stereocenters. The van der Waals surface area contributed by atoms with Crippen LogP contribution in [-0.2, 0) is 12.0 Å². The van der Waals surface area contributed by atoms with Crippen molar-refractivity contribution < 1.29 is 4.79 Å². The average molecular weight is 520 g/mol. The van der Waals surface area contributed by atoms with Crippen molar-refractivity contribution in [1.82, 2.24) is 10.2 Å². The largest absolute Gasteiger partial charge is 0.337 e. The van der Waals surface area contributed by atoms with Crippen molar-refractivity contribution in [3.05, 3.63) is 64.7 Å². The van der Waals surface area contributed by atoms with Crippen LogP contribution in [0.2, 0.25) is 0 Å². The van der Waals surface area contributed by atoms with Gasteiger partial charge in [0.1, 0.15) is 0 Å². The van der Waals surface area contributed by atoms with Crippen LogP contribution in [0.3, 0.4) is 0 Å². The SMILES string of the molecule is CCCCN(CCCC)Cc1cccc(C2(CNC(=O)Nc3c(C(C)C)cccc3C(C)C)CCCC2)c1. The molecule has 4 heteroatoms. The predicted molar refractivity (Wildman–Crippen MR) is 163 cm³/mol. The molecule has 38 heavy (non-hydrogen) atoms. The minimum Gasteiger partial charge on any atom is -0.337 e. The van der Waals surface area contributed by atoms with Crippen molar-refractivity contribution in [2.45, 2.75) is 117 Å². The van der Waals surface area contributed by atoms with E-state index in [2.05, 4.69) is 99.5 Å². The molecule has 1 fully saturated rings. The Morgan fingerprint density at radius 2 is 1.47 bits per heavy atom. The number of benzene rings is 2. The van der Waals surface area contributed by atoms with Crippen LogP contribution in [0.25, 0.3) is 0 Å². The van der Waals surface area contributed by atoms with E-state index in [9.17, 15) is 4.79 Å². The highest BCUT2D eigenvalue weighted by atomic mass is 16.2. The molecule has 2 amide bonds. The maximum Gasteiger partial charge on any atom is 0.319 e. The third-order valence-corrected chi connectivity index (χ3v) is 8.36. The summed E-state index contributed by atoms with van der Waals surface area (Å²) in [6.07, 6.45) is 9.69. The fourth-order valence-electron chi connectivity index (χ4n) is 6.01. The van der Waals surface area contributed by atoms with Crippen molar-refractivity contribution in [2.75, 3.05) is 25.0 Å². The number of carbonyl (C=O) groups is 1. The Kier molecular flexibility index (Phi) is 11.7. The highest BCUT2D eigenvalue weighted by molar-refractivity contribution is 5.91. The van der Waals surface area contributed by atoms with Gasteiger partial charge in [0.25, 0.3) is 0 Å². The molecule has 4 nitrogen and oxygen atoms in total. The number of unbranched alkanes of at least 4 members (excludes halogenated alkanes) is 2. The second-order valence-corrected chi connectivity index (χ2v) is 12.1. The molecule has 0 saturated heterocycles. The third kappa shape index (κ3) is 8.09. The summed E-state index contributed by atoms with van der Waals surface area (Å²) in [4.78, 5) is 15.9. The van der Waals surface area contributed by atoms with Gasteiger partial charge in [-0.2, -0.15) is 0 Å². The normalized spacial score (nSPS) is 15.0. The minimum atomic E-state index is -0.0901. The van der Waals surface area contributed by atoms with Gasteiger partial charge in [-0.1, -0.05) is 110 Å². The highest BCUT2D eigenvalue weighted by Crippen LogP contribution is 2.41. The lowest BCUT2D eigenvalue weighted by molar-refractivity contribution is 0.248. The molecule has 2 aromatic rings. The molecule has 2 N–H and O–H groups in total. The van der Waals surface area contributed by atoms with Crippen LogP contribution >= 0.6 is 0 Å². The Labute approximate surface area is 233 Å². The van der Waals surface area contributed by atoms with Gasteiger partial charge in [-0.3, -0.25) is 4.90 Å². The zero-order chi connectivity index (χ0) is 27.5. The summed E-state index contributed by atoms with van der Waals surface area (Å²) >= 11 is 0. The lowest BCUT2D eigenvalue weighted by Gasteiger charge is -2.31. The zero-order valence-corrected chi connectivity index (χ0v) is 25.0. The number of amides is 2. The second-order valence-electron chi connectivity index (χ2n) is 12.1. The molecule has 0 aromatic heterocycles. The van der Waals surface area contributed by atoms with E-state index in [-0.39, 0.29) is 11.4 Å². The summed E-state index contributed by atoms with van der Waals surface area (Å²) in [6, 6.07) is 15.5. The van der Waals surface area contributed by atoms with E-state index in [0.717, 1.165) is 25.1 Å². The quantitative estimate of drug-likeness (QED) is 0.261. The summed E-state index contributed by atoms with van der Waals surface area (Å²) in [5.74, 6) is 0.698. The fraction of sp³-hybridized carbons (Fsp3) is 0.618. The molecule has 0 heterocycles. The van der Waals surface area contributed by atoms with E-state index in [4.69, 9.17) is 0 Å². The number of nitrogens with zero attached hydrogens (tertiary/aromatic N) is 1. The average Bonchev–Trinajstić information content (AvgIpc) is 3.39. The van der Waals surface area contributed by atoms with Crippen LogP contribution in [-0.4, -0.2) is 30.6 Å². The number of hydrogen-bond acceptors (Lipinski definition) is 2. The first-order valence-corrected chi connectivity index (χ1v) is 15.3. The van der Waals surface area contributed by atoms with Gasteiger partial charge in [0.15, 0.2) is 0 Å². The smallest absolute Gasteiger partial charge is 0.319 e. The number of urea groups is 1. The lowest BCUT2D eigenvalue weighted by Crippen LogP contribution is -2.41. The van der Waals surface area contributed by atoms with Gasteiger partial charge in [-0.15, -0.1) is 0 Å². The van der Waals surface area contributed by atoms with E-state index in [1.807, 2.05) is 0 Å². The van der Waals surface area contributed by atoms with Crippen LogP contribution in [0, 0.1) is 0 Å². The topological polar surface area (TPSA) is 44.4 Å². The summed E-state index contributed by atoms with van der Waals surface area (Å²) in [6.45, 7) is 17.3.